The van der Waals surface area contributed by atoms with Gasteiger partial charge in [-0.1, -0.05) is 158 Å². The fourth-order valence-corrected chi connectivity index (χ4v) is 9.44. The van der Waals surface area contributed by atoms with Crippen LogP contribution in [0.25, 0.3) is 0 Å². The van der Waals surface area contributed by atoms with Crippen molar-refractivity contribution in [3.63, 3.8) is 0 Å². The number of carbonyl (C=O) groups is 2. The summed E-state index contributed by atoms with van der Waals surface area (Å²) in [4.78, 5) is 26.9. The molecule has 0 atom stereocenters. The molecule has 18 heteroatoms. The molecule has 0 saturated carbocycles. The molecule has 0 bridgehead atoms. The third-order valence-corrected chi connectivity index (χ3v) is 13.8. The Labute approximate surface area is 505 Å². The van der Waals surface area contributed by atoms with Gasteiger partial charge in [0.1, 0.15) is 22.9 Å². The van der Waals surface area contributed by atoms with Gasteiger partial charge in [-0.2, -0.15) is 0 Å². The maximum Gasteiger partial charge on any atom is 0.143 e. The van der Waals surface area contributed by atoms with Crippen LogP contribution in [0.4, 0.5) is 0 Å². The third kappa shape index (κ3) is 55.8. The molecule has 0 spiro atoms. The quantitative estimate of drug-likeness (QED) is 0.0365. The molecule has 2 heterocycles. The van der Waals surface area contributed by atoms with Crippen LogP contribution in [-0.2, 0) is 75.0 Å². The van der Waals surface area contributed by atoms with Gasteiger partial charge in [-0.25, -0.2) is 0 Å². The number of aromatic hydroxyl groups is 2. The molecule has 2 aromatic heterocycles. The molecule has 78 heavy (non-hydrogen) atoms. The summed E-state index contributed by atoms with van der Waals surface area (Å²) in [5.41, 5.74) is -0.856. The molecule has 16 nitrogen and oxygen atoms in total. The van der Waals surface area contributed by atoms with E-state index in [9.17, 15) is 19.8 Å². The monoisotopic (exact) mass is 1280 g/mol. The average molecular weight is 1270 g/mol. The number of quaternary nitrogens is 2. The minimum Gasteiger partial charge on any atom is -2.00 e. The average Bonchev–Trinajstić information content (AvgIpc) is 3.35. The smallest absolute Gasteiger partial charge is 0.143 e. The number of carbonyl (C=O) groups excluding carboxylic acids is 2. The second-order valence-electron chi connectivity index (χ2n) is 20.3. The fraction of sp³-hybridized carbons (Fsp3) is 0.800. The largest absolute Gasteiger partial charge is 2.00 e. The topological polar surface area (TPSA) is 318 Å². The van der Waals surface area contributed by atoms with Gasteiger partial charge in [0.2, 0.25) is 0 Å². The Hall–Kier alpha value is -2.10. The Balaban J connectivity index is -0.000000102. The Morgan fingerprint density at radius 2 is 0.513 bits per heavy atom. The molecule has 0 aliphatic heterocycles. The van der Waals surface area contributed by atoms with E-state index in [0.29, 0.717) is 0 Å². The van der Waals surface area contributed by atoms with E-state index in [-0.39, 0.29) is 86.5 Å². The van der Waals surface area contributed by atoms with Crippen molar-refractivity contribution in [3.05, 3.63) is 48.0 Å². The maximum atomic E-state index is 10.1. The predicted octanol–water partition coefficient (Wildman–Crippen LogP) is 13.8. The first-order chi connectivity index (χ1) is 33.9. The van der Waals surface area contributed by atoms with Gasteiger partial charge >= 0.3 is 0 Å². The first-order valence-corrected chi connectivity index (χ1v) is 29.3. The van der Waals surface area contributed by atoms with Gasteiger partial charge in [0.05, 0.1) is 64.3 Å². The van der Waals surface area contributed by atoms with E-state index < -0.39 is 23.3 Å². The summed E-state index contributed by atoms with van der Waals surface area (Å²) in [6, 6.07) is 5.33. The molecule has 0 aliphatic carbocycles. The van der Waals surface area contributed by atoms with Crippen LogP contribution in [-0.4, -0.2) is 93.4 Å². The zero-order chi connectivity index (χ0) is 52.4. The fourth-order valence-electron chi connectivity index (χ4n) is 9.44. The van der Waals surface area contributed by atoms with Gasteiger partial charge in [0.25, 0.3) is 0 Å². The normalized spacial score (nSPS) is 10.1. The molecule has 2 N–H and O–H groups in total. The van der Waals surface area contributed by atoms with Crippen molar-refractivity contribution in [1.29, 1.82) is 0 Å². The molecule has 468 valence electrons. The van der Waals surface area contributed by atoms with Crippen molar-refractivity contribution >= 4 is 11.9 Å². The minimum absolute atomic E-state index is 0. The Bertz CT molecular complexity index is 1270. The summed E-state index contributed by atoms with van der Waals surface area (Å²) in [6.45, 7) is 30.4. The van der Waals surface area contributed by atoms with Crippen LogP contribution in [0, 0.1) is 0 Å². The van der Waals surface area contributed by atoms with E-state index in [1.54, 1.807) is 0 Å². The first kappa shape index (κ1) is 98.0. The molecule has 2 rings (SSSR count). The second-order valence-corrected chi connectivity index (χ2v) is 20.3. The maximum absolute atomic E-state index is 10.1. The number of rotatable bonds is 42. The number of carboxylic acids is 2. The Kier molecular flexibility index (Phi) is 89.2. The van der Waals surface area contributed by atoms with Gasteiger partial charge < -0.3 is 71.8 Å². The van der Waals surface area contributed by atoms with Gasteiger partial charge in [0.15, 0.2) is 0 Å². The van der Waals surface area contributed by atoms with Crippen molar-refractivity contribution in [3.8, 4) is 11.5 Å². The molecule has 0 fully saturated rings. The van der Waals surface area contributed by atoms with Crippen LogP contribution in [0.2, 0.25) is 0 Å². The molecular formula is C60H112Mo2N4O12-12. The number of hydrogen-bond donors (Lipinski definition) is 2. The summed E-state index contributed by atoms with van der Waals surface area (Å²) in [5.74, 6) is -3.69. The van der Waals surface area contributed by atoms with Gasteiger partial charge in [-0.15, -0.1) is 0 Å². The van der Waals surface area contributed by atoms with Gasteiger partial charge in [0, 0.05) is 54.5 Å². The number of aromatic nitrogens is 2. The Morgan fingerprint density at radius 1 is 0.346 bits per heavy atom. The molecule has 0 aliphatic rings. The van der Waals surface area contributed by atoms with Crippen LogP contribution >= 0.6 is 0 Å². The zero-order valence-electron chi connectivity index (χ0n) is 50.3. The standard InChI is InChI=1S/2C24H52N.2C6H5NO3.2Mo.6O/c2*1-5-9-13-17-21-25(22-18-14-10-6-2,23-19-15-11-7-3)24-20-16-12-8-4;2*8-4-2-1-3-7-5(4)6(9)10;;;;;;;;/h2*5-24H2,1-4H3;2*1-3,8H,(H,9,10);;;;;;;;/q2*+1;;;;;6*-2/p-2. The van der Waals surface area contributed by atoms with Crippen LogP contribution < -0.4 is 10.2 Å². The van der Waals surface area contributed by atoms with Gasteiger partial charge in [-0.3, -0.25) is 9.97 Å². The summed E-state index contributed by atoms with van der Waals surface area (Å²) in [6.07, 6.45) is 48.2. The molecule has 0 saturated heterocycles. The second kappa shape index (κ2) is 71.0. The first-order valence-electron chi connectivity index (χ1n) is 29.3. The van der Waals surface area contributed by atoms with Gasteiger partial charge in [-0.05, 0) is 127 Å². The van der Waals surface area contributed by atoms with Crippen LogP contribution in [0.3, 0.4) is 0 Å². The number of pyridine rings is 2. The van der Waals surface area contributed by atoms with E-state index in [1.807, 2.05) is 0 Å². The third-order valence-electron chi connectivity index (χ3n) is 13.8. The van der Waals surface area contributed by atoms with Crippen LogP contribution in [0.1, 0.15) is 282 Å². The van der Waals surface area contributed by atoms with Crippen molar-refractivity contribution < 1.29 is 114 Å². The molecule has 2 aromatic rings. The SMILES string of the molecule is CCCCCC[N+](CCCCCC)(CCCCCC)CCCCCC.CCCCCC[N+](CCCCCC)(CCCCCC)CCCCCC.O=C([O-])c1ncccc1O.O=C([O-])c1ncccc1O.[Mo].[Mo].[O-2].[O-2].[O-2].[O-2].[O-2].[O-2]. The summed E-state index contributed by atoms with van der Waals surface area (Å²) >= 11 is 0. The molecule has 0 radical (unpaired) electrons. The Morgan fingerprint density at radius 3 is 0.628 bits per heavy atom. The molecule has 0 aromatic carbocycles. The van der Waals surface area contributed by atoms with Crippen LogP contribution in [0.15, 0.2) is 36.7 Å². The predicted molar refractivity (Wildman–Crippen MR) is 297 cm³/mol. The number of unbranched alkanes of at least 4 members (excludes halogenated alkanes) is 24. The van der Waals surface area contributed by atoms with Crippen LogP contribution in [0.5, 0.6) is 11.5 Å². The van der Waals surface area contributed by atoms with Crippen molar-refractivity contribution in [2.24, 2.45) is 0 Å². The summed E-state index contributed by atoms with van der Waals surface area (Å²) in [7, 11) is 0. The van der Waals surface area contributed by atoms with E-state index >= 15 is 0 Å². The number of nitrogens with zero attached hydrogens (tertiary/aromatic N) is 4. The van der Waals surface area contributed by atoms with E-state index in [1.165, 1.54) is 303 Å². The summed E-state index contributed by atoms with van der Waals surface area (Å²) < 4.78 is 2.92. The number of hydrogen-bond acceptors (Lipinski definition) is 8. The molecule has 0 unspecified atom stereocenters. The number of carboxylic acid groups (broad SMARTS) is 2. The van der Waals surface area contributed by atoms with Crippen molar-refractivity contribution in [1.82, 2.24) is 9.97 Å². The van der Waals surface area contributed by atoms with Crippen molar-refractivity contribution in [2.75, 3.05) is 52.4 Å². The minimum atomic E-state index is -1.47. The van der Waals surface area contributed by atoms with E-state index in [2.05, 4.69) is 65.4 Å². The molecule has 0 amide bonds. The van der Waals surface area contributed by atoms with E-state index in [4.69, 9.17) is 10.2 Å². The molecular weight excluding hydrogens is 1160 g/mol. The number of aromatic carboxylic acids is 2. The zero-order valence-corrected chi connectivity index (χ0v) is 54.3. The van der Waals surface area contributed by atoms with Crippen molar-refractivity contribution in [2.45, 2.75) is 261 Å². The van der Waals surface area contributed by atoms with E-state index in [0.717, 1.165) is 0 Å². The summed E-state index contributed by atoms with van der Waals surface area (Å²) in [5, 5.41) is 37.8.